The molecule has 12 aromatic rings. The van der Waals surface area contributed by atoms with Crippen LogP contribution in [0.5, 0.6) is 23.0 Å². The van der Waals surface area contributed by atoms with E-state index in [-0.39, 0.29) is 12.3 Å². The van der Waals surface area contributed by atoms with E-state index in [1.165, 1.54) is 59.0 Å². The molecule has 0 spiro atoms. The lowest BCUT2D eigenvalue weighted by molar-refractivity contribution is 0.360. The maximum Gasteiger partial charge on any atom is 0.334 e. The monoisotopic (exact) mass is 930 g/mol. The van der Waals surface area contributed by atoms with Gasteiger partial charge < -0.3 is 23.6 Å². The first-order chi connectivity index (χ1) is 34.8. The van der Waals surface area contributed by atoms with Crippen molar-refractivity contribution in [1.82, 2.24) is 0 Å². The summed E-state index contributed by atoms with van der Waals surface area (Å²) in [4.78, 5) is 5.15. The van der Waals surface area contributed by atoms with Crippen LogP contribution in [0.15, 0.2) is 211 Å². The standard InChI is InChI=1S/C64H43BN2O3S/c1-64(2,3)43-28-31-50(46(34-43)40-18-8-5-9-19-40)66-52-35-47-45-22-12-13-23-53(45)70-62(47)59-48-36-56-57(69-55-25-15-14-24-54(55)68-56)37-51(48)67(44-29-26-39(27-30-44)38-16-6-4-7-17-38)65(61(52)59)60-49-32-41-20-10-11-21-42(41)33-58(49)71-63(60)66/h4-37H,1-3H3. The third-order valence-corrected chi connectivity index (χ3v) is 16.0. The molecule has 0 fully saturated rings. The molecule has 336 valence electrons. The van der Waals surface area contributed by atoms with Gasteiger partial charge in [0.25, 0.3) is 0 Å². The molecule has 0 N–H and O–H groups in total. The van der Waals surface area contributed by atoms with Crippen LogP contribution in [0, 0.1) is 0 Å². The van der Waals surface area contributed by atoms with Crippen molar-refractivity contribution in [1.29, 1.82) is 0 Å². The van der Waals surface area contributed by atoms with E-state index in [9.17, 15) is 0 Å². The van der Waals surface area contributed by atoms with Crippen molar-refractivity contribution in [2.45, 2.75) is 26.2 Å². The molecule has 5 nitrogen and oxygen atoms in total. The van der Waals surface area contributed by atoms with Crippen LogP contribution in [-0.2, 0) is 5.41 Å². The Kier molecular flexibility index (Phi) is 8.53. The molecule has 7 heteroatoms. The molecule has 0 unspecified atom stereocenters. The zero-order valence-electron chi connectivity index (χ0n) is 39.2. The second-order valence-corrected chi connectivity index (χ2v) is 21.0. The molecular weight excluding hydrogens is 888 g/mol. The Labute approximate surface area is 415 Å². The highest BCUT2D eigenvalue weighted by molar-refractivity contribution is 7.26. The van der Waals surface area contributed by atoms with E-state index in [2.05, 4.69) is 212 Å². The number of benzene rings is 10. The van der Waals surface area contributed by atoms with Crippen molar-refractivity contribution >= 4 is 99.7 Å². The highest BCUT2D eigenvalue weighted by atomic mass is 32.1. The highest BCUT2D eigenvalue weighted by Gasteiger charge is 2.49. The number of fused-ring (bicyclic) bond motifs is 13. The first kappa shape index (κ1) is 40.4. The molecule has 5 heterocycles. The van der Waals surface area contributed by atoms with Crippen molar-refractivity contribution in [3.05, 3.63) is 212 Å². The van der Waals surface area contributed by atoms with Gasteiger partial charge in [-0.15, -0.1) is 11.3 Å². The van der Waals surface area contributed by atoms with Crippen LogP contribution >= 0.6 is 11.3 Å². The van der Waals surface area contributed by atoms with Gasteiger partial charge in [0, 0.05) is 55.3 Å². The average molecular weight is 931 g/mol. The molecule has 0 bridgehead atoms. The van der Waals surface area contributed by atoms with Crippen molar-refractivity contribution in [3.8, 4) is 56.4 Å². The highest BCUT2D eigenvalue weighted by Crippen LogP contribution is 2.57. The fourth-order valence-electron chi connectivity index (χ4n) is 11.4. The zero-order chi connectivity index (χ0) is 47.1. The first-order valence-corrected chi connectivity index (χ1v) is 25.2. The minimum atomic E-state index is -0.294. The van der Waals surface area contributed by atoms with Gasteiger partial charge in [0.1, 0.15) is 11.2 Å². The molecular formula is C64H43BN2O3S. The Morgan fingerprint density at radius 3 is 1.86 bits per heavy atom. The Balaban J connectivity index is 1.10. The van der Waals surface area contributed by atoms with Crippen molar-refractivity contribution in [3.63, 3.8) is 0 Å². The van der Waals surface area contributed by atoms with Crippen LogP contribution in [0.3, 0.4) is 0 Å². The summed E-state index contributed by atoms with van der Waals surface area (Å²) >= 11 is 1.88. The number of furan rings is 1. The number of nitrogens with zero attached hydrogens (tertiary/aromatic N) is 2. The smallest absolute Gasteiger partial charge is 0.334 e. The molecule has 0 atom stereocenters. The minimum absolute atomic E-state index is 0.0720. The summed E-state index contributed by atoms with van der Waals surface area (Å²) in [5.74, 6) is 2.70. The first-order valence-electron chi connectivity index (χ1n) is 24.3. The van der Waals surface area contributed by atoms with Crippen LogP contribution in [0.25, 0.3) is 76.2 Å². The predicted octanol–water partition coefficient (Wildman–Crippen LogP) is 17.2. The van der Waals surface area contributed by atoms with Crippen LogP contribution in [0.4, 0.5) is 27.8 Å². The van der Waals surface area contributed by atoms with Gasteiger partial charge in [0.05, 0.1) is 10.7 Å². The van der Waals surface area contributed by atoms with Crippen LogP contribution in [-0.4, -0.2) is 6.85 Å². The maximum absolute atomic E-state index is 7.18. The van der Waals surface area contributed by atoms with E-state index in [0.717, 1.165) is 61.4 Å². The predicted molar refractivity (Wildman–Crippen MR) is 296 cm³/mol. The summed E-state index contributed by atoms with van der Waals surface area (Å²) < 4.78 is 22.0. The van der Waals surface area contributed by atoms with E-state index < -0.39 is 0 Å². The van der Waals surface area contributed by atoms with Crippen molar-refractivity contribution in [2.24, 2.45) is 0 Å². The third kappa shape index (κ3) is 6.06. The maximum atomic E-state index is 7.18. The van der Waals surface area contributed by atoms with Gasteiger partial charge in [-0.3, -0.25) is 0 Å². The zero-order valence-corrected chi connectivity index (χ0v) is 40.1. The Hall–Kier alpha value is -8.52. The van der Waals surface area contributed by atoms with Gasteiger partial charge in [0.15, 0.2) is 23.0 Å². The number of para-hydroxylation sites is 3. The number of hydrogen-bond acceptors (Lipinski definition) is 6. The molecule has 71 heavy (non-hydrogen) atoms. The third-order valence-electron chi connectivity index (χ3n) is 14.8. The number of thiophene rings is 1. The van der Waals surface area contributed by atoms with Crippen molar-refractivity contribution in [2.75, 3.05) is 9.71 Å². The van der Waals surface area contributed by atoms with Crippen LogP contribution in [0.2, 0.25) is 0 Å². The second-order valence-electron chi connectivity index (χ2n) is 20.0. The lowest BCUT2D eigenvalue weighted by Gasteiger charge is -2.45. The normalized spacial score (nSPS) is 13.4. The number of ether oxygens (including phenoxy) is 2. The fourth-order valence-corrected chi connectivity index (χ4v) is 12.7. The fraction of sp³-hybridized carbons (Fsp3) is 0.0625. The van der Waals surface area contributed by atoms with Gasteiger partial charge in [-0.2, -0.15) is 0 Å². The molecule has 3 aliphatic heterocycles. The van der Waals surface area contributed by atoms with E-state index in [1.807, 2.05) is 35.6 Å². The summed E-state index contributed by atoms with van der Waals surface area (Å²) in [5.41, 5.74) is 16.4. The van der Waals surface area contributed by atoms with Crippen LogP contribution in [0.1, 0.15) is 26.3 Å². The summed E-state index contributed by atoms with van der Waals surface area (Å²) in [6.45, 7) is 6.61. The SMILES string of the molecule is CC(C)(C)c1ccc(N2c3cc4c(oc5ccccc54)c4c3B(c3c2sc2cc5ccccc5cc32)N(c2ccc(-c3ccccc3)cc2)c2cc3c(cc2-4)Oc2ccccc2O3)c(-c2ccccc2)c1. The largest absolute Gasteiger partial charge is 0.455 e. The summed E-state index contributed by atoms with van der Waals surface area (Å²) in [5, 5.41) is 6.98. The second kappa shape index (κ2) is 15.0. The van der Waals surface area contributed by atoms with Gasteiger partial charge in [-0.1, -0.05) is 154 Å². The van der Waals surface area contributed by atoms with Crippen LogP contribution < -0.4 is 30.1 Å². The van der Waals surface area contributed by atoms with E-state index >= 15 is 0 Å². The summed E-state index contributed by atoms with van der Waals surface area (Å²) in [7, 11) is 0. The molecule has 0 aliphatic carbocycles. The van der Waals surface area contributed by atoms with E-state index in [1.54, 1.807) is 0 Å². The Morgan fingerprint density at radius 1 is 0.465 bits per heavy atom. The van der Waals surface area contributed by atoms with E-state index in [4.69, 9.17) is 13.9 Å². The van der Waals surface area contributed by atoms with Gasteiger partial charge in [-0.25, -0.2) is 0 Å². The number of anilines is 5. The summed E-state index contributed by atoms with van der Waals surface area (Å²) in [6.07, 6.45) is 0. The Bertz CT molecular complexity index is 4170. The molecule has 2 aromatic heterocycles. The molecule has 15 rings (SSSR count). The molecule has 0 saturated carbocycles. The average Bonchev–Trinajstić information content (AvgIpc) is 3.98. The van der Waals surface area contributed by atoms with E-state index in [0.29, 0.717) is 23.0 Å². The number of hydrogen-bond donors (Lipinski definition) is 0. The van der Waals surface area contributed by atoms with Crippen molar-refractivity contribution < 1.29 is 13.9 Å². The number of rotatable bonds is 4. The molecule has 10 aromatic carbocycles. The summed E-state index contributed by atoms with van der Waals surface area (Å²) in [6, 6.07) is 74.5. The van der Waals surface area contributed by atoms with Gasteiger partial charge in [-0.05, 0) is 121 Å². The molecule has 0 radical (unpaired) electrons. The molecule has 0 amide bonds. The lowest BCUT2D eigenvalue weighted by Crippen LogP contribution is -2.61. The van der Waals surface area contributed by atoms with Gasteiger partial charge in [0.2, 0.25) is 0 Å². The minimum Gasteiger partial charge on any atom is -0.455 e. The quantitative estimate of drug-likeness (QED) is 0.164. The molecule has 0 saturated heterocycles. The molecule has 3 aliphatic rings. The van der Waals surface area contributed by atoms with Gasteiger partial charge >= 0.3 is 6.85 Å². The lowest BCUT2D eigenvalue weighted by atomic mass is 9.43. The topological polar surface area (TPSA) is 38.1 Å². The Morgan fingerprint density at radius 2 is 1.11 bits per heavy atom.